The SMILES string of the molecule is COc1ccc(C(C)(C)CNC(=O)NC2CCS(=O)(=O)C2)cc1. The maximum atomic E-state index is 12.0. The Labute approximate surface area is 137 Å². The summed E-state index contributed by atoms with van der Waals surface area (Å²) in [5.74, 6) is 0.968. The zero-order chi connectivity index (χ0) is 17.1. The minimum atomic E-state index is -2.99. The van der Waals surface area contributed by atoms with Crippen molar-refractivity contribution >= 4 is 15.9 Å². The summed E-state index contributed by atoms with van der Waals surface area (Å²) in [4.78, 5) is 12.0. The number of nitrogens with one attached hydrogen (secondary N) is 2. The molecule has 1 aromatic carbocycles. The Kier molecular flexibility index (Phi) is 5.19. The summed E-state index contributed by atoms with van der Waals surface area (Å²) in [6, 6.07) is 7.11. The number of carbonyl (C=O) groups excluding carboxylic acids is 1. The zero-order valence-corrected chi connectivity index (χ0v) is 14.6. The summed E-state index contributed by atoms with van der Waals surface area (Å²) >= 11 is 0. The highest BCUT2D eigenvalue weighted by Crippen LogP contribution is 2.24. The van der Waals surface area contributed by atoms with Crippen LogP contribution in [0.15, 0.2) is 24.3 Å². The molecule has 0 aliphatic carbocycles. The van der Waals surface area contributed by atoms with E-state index in [1.807, 2.05) is 38.1 Å². The van der Waals surface area contributed by atoms with E-state index in [9.17, 15) is 13.2 Å². The van der Waals surface area contributed by atoms with Crippen molar-refractivity contribution in [1.29, 1.82) is 0 Å². The van der Waals surface area contributed by atoms with E-state index in [0.29, 0.717) is 13.0 Å². The van der Waals surface area contributed by atoms with Crippen LogP contribution in [0.4, 0.5) is 4.79 Å². The van der Waals surface area contributed by atoms with E-state index >= 15 is 0 Å². The summed E-state index contributed by atoms with van der Waals surface area (Å²) in [6.07, 6.45) is 0.484. The number of sulfone groups is 1. The first kappa shape index (κ1) is 17.6. The molecule has 128 valence electrons. The third-order valence-corrected chi connectivity index (χ3v) is 5.90. The van der Waals surface area contributed by atoms with Crippen LogP contribution in [-0.2, 0) is 15.3 Å². The summed E-state index contributed by atoms with van der Waals surface area (Å²) in [7, 11) is -1.37. The third-order valence-electron chi connectivity index (χ3n) is 4.13. The van der Waals surface area contributed by atoms with Crippen molar-refractivity contribution in [2.75, 3.05) is 25.2 Å². The van der Waals surface area contributed by atoms with Gasteiger partial charge in [0.2, 0.25) is 0 Å². The first-order chi connectivity index (χ1) is 10.7. The number of rotatable bonds is 5. The van der Waals surface area contributed by atoms with Crippen molar-refractivity contribution in [2.24, 2.45) is 0 Å². The molecular weight excluding hydrogens is 316 g/mol. The first-order valence-corrected chi connectivity index (χ1v) is 9.43. The van der Waals surface area contributed by atoms with Gasteiger partial charge in [-0.05, 0) is 24.1 Å². The van der Waals surface area contributed by atoms with Crippen molar-refractivity contribution in [3.8, 4) is 5.75 Å². The van der Waals surface area contributed by atoms with Gasteiger partial charge in [-0.25, -0.2) is 13.2 Å². The van der Waals surface area contributed by atoms with Gasteiger partial charge in [0, 0.05) is 18.0 Å². The highest BCUT2D eigenvalue weighted by Gasteiger charge is 2.29. The Balaban J connectivity index is 1.86. The Morgan fingerprint density at radius 3 is 2.48 bits per heavy atom. The molecule has 1 unspecified atom stereocenters. The number of hydrogen-bond donors (Lipinski definition) is 2. The van der Waals surface area contributed by atoms with Gasteiger partial charge in [0.05, 0.1) is 18.6 Å². The fourth-order valence-corrected chi connectivity index (χ4v) is 4.26. The lowest BCUT2D eigenvalue weighted by Gasteiger charge is -2.26. The van der Waals surface area contributed by atoms with E-state index in [-0.39, 0.29) is 29.0 Å². The Bertz CT molecular complexity index is 653. The maximum Gasteiger partial charge on any atom is 0.315 e. The van der Waals surface area contributed by atoms with Gasteiger partial charge in [-0.3, -0.25) is 0 Å². The fraction of sp³-hybridized carbons (Fsp3) is 0.562. The Hall–Kier alpha value is -1.76. The van der Waals surface area contributed by atoms with E-state index < -0.39 is 9.84 Å². The van der Waals surface area contributed by atoms with Crippen LogP contribution in [0, 0.1) is 0 Å². The summed E-state index contributed by atoms with van der Waals surface area (Å²) in [5, 5.41) is 5.56. The highest BCUT2D eigenvalue weighted by atomic mass is 32.2. The van der Waals surface area contributed by atoms with Crippen LogP contribution in [0.2, 0.25) is 0 Å². The number of hydrogen-bond acceptors (Lipinski definition) is 4. The molecule has 0 bridgehead atoms. The molecule has 0 spiro atoms. The Morgan fingerprint density at radius 1 is 1.30 bits per heavy atom. The van der Waals surface area contributed by atoms with Gasteiger partial charge in [0.15, 0.2) is 9.84 Å². The zero-order valence-electron chi connectivity index (χ0n) is 13.8. The lowest BCUT2D eigenvalue weighted by Crippen LogP contribution is -2.46. The molecule has 1 heterocycles. The van der Waals surface area contributed by atoms with Crippen molar-refractivity contribution in [1.82, 2.24) is 10.6 Å². The molecule has 2 N–H and O–H groups in total. The van der Waals surface area contributed by atoms with Crippen molar-refractivity contribution in [3.63, 3.8) is 0 Å². The maximum absolute atomic E-state index is 12.0. The molecule has 2 rings (SSSR count). The van der Waals surface area contributed by atoms with Crippen LogP contribution in [-0.4, -0.2) is 45.7 Å². The van der Waals surface area contributed by atoms with Gasteiger partial charge in [0.25, 0.3) is 0 Å². The fourth-order valence-electron chi connectivity index (χ4n) is 2.59. The standard InChI is InChI=1S/C16H24N2O4S/c1-16(2,12-4-6-14(22-3)7-5-12)11-17-15(19)18-13-8-9-23(20,21)10-13/h4-7,13H,8-11H2,1-3H3,(H2,17,18,19). The molecule has 2 amide bonds. The first-order valence-electron chi connectivity index (χ1n) is 7.61. The Morgan fingerprint density at radius 2 is 1.96 bits per heavy atom. The van der Waals surface area contributed by atoms with Gasteiger partial charge in [-0.2, -0.15) is 0 Å². The summed E-state index contributed by atoms with van der Waals surface area (Å²) in [5.41, 5.74) is 0.841. The monoisotopic (exact) mass is 340 g/mol. The largest absolute Gasteiger partial charge is 0.497 e. The van der Waals surface area contributed by atoms with Gasteiger partial charge in [-0.15, -0.1) is 0 Å². The highest BCUT2D eigenvalue weighted by molar-refractivity contribution is 7.91. The van der Waals surface area contributed by atoms with E-state index in [1.165, 1.54) is 0 Å². The van der Waals surface area contributed by atoms with Crippen molar-refractivity contribution < 1.29 is 17.9 Å². The predicted molar refractivity (Wildman–Crippen MR) is 89.6 cm³/mol. The molecule has 1 aliphatic heterocycles. The van der Waals surface area contributed by atoms with Crippen LogP contribution in [0.1, 0.15) is 25.8 Å². The van der Waals surface area contributed by atoms with E-state index in [2.05, 4.69) is 10.6 Å². The van der Waals surface area contributed by atoms with E-state index in [0.717, 1.165) is 11.3 Å². The molecule has 7 heteroatoms. The summed E-state index contributed by atoms with van der Waals surface area (Å²) in [6.45, 7) is 4.52. The van der Waals surface area contributed by atoms with Crippen LogP contribution in [0.25, 0.3) is 0 Å². The lowest BCUT2D eigenvalue weighted by molar-refractivity contribution is 0.235. The minimum Gasteiger partial charge on any atom is -0.497 e. The molecule has 1 fully saturated rings. The molecule has 1 aliphatic rings. The van der Waals surface area contributed by atoms with Gasteiger partial charge in [0.1, 0.15) is 5.75 Å². The number of methoxy groups -OCH3 is 1. The van der Waals surface area contributed by atoms with Crippen molar-refractivity contribution in [2.45, 2.75) is 31.7 Å². The van der Waals surface area contributed by atoms with Gasteiger partial charge < -0.3 is 15.4 Å². The molecule has 0 aromatic heterocycles. The molecule has 23 heavy (non-hydrogen) atoms. The average Bonchev–Trinajstić information content (AvgIpc) is 2.84. The van der Waals surface area contributed by atoms with E-state index in [4.69, 9.17) is 4.74 Å². The van der Waals surface area contributed by atoms with Crippen LogP contribution in [0.3, 0.4) is 0 Å². The molecule has 1 aromatic rings. The number of ether oxygens (including phenoxy) is 1. The quantitative estimate of drug-likeness (QED) is 0.850. The average molecular weight is 340 g/mol. The second-order valence-corrected chi connectivity index (χ2v) is 8.77. The predicted octanol–water partition coefficient (Wildman–Crippen LogP) is 1.46. The van der Waals surface area contributed by atoms with Gasteiger partial charge >= 0.3 is 6.03 Å². The van der Waals surface area contributed by atoms with Crippen LogP contribution in [0.5, 0.6) is 5.75 Å². The van der Waals surface area contributed by atoms with Gasteiger partial charge in [-0.1, -0.05) is 26.0 Å². The van der Waals surface area contributed by atoms with E-state index in [1.54, 1.807) is 7.11 Å². The lowest BCUT2D eigenvalue weighted by atomic mass is 9.84. The molecule has 1 saturated heterocycles. The molecular formula is C16H24N2O4S. The van der Waals surface area contributed by atoms with Crippen LogP contribution < -0.4 is 15.4 Å². The molecule has 6 nitrogen and oxygen atoms in total. The van der Waals surface area contributed by atoms with Crippen molar-refractivity contribution in [3.05, 3.63) is 29.8 Å². The molecule has 0 radical (unpaired) electrons. The molecule has 0 saturated carbocycles. The summed E-state index contributed by atoms with van der Waals surface area (Å²) < 4.78 is 27.9. The topological polar surface area (TPSA) is 84.5 Å². The normalized spacial score (nSPS) is 20.0. The second-order valence-electron chi connectivity index (χ2n) is 6.54. The smallest absolute Gasteiger partial charge is 0.315 e. The molecule has 1 atom stereocenters. The third kappa shape index (κ3) is 4.86. The second kappa shape index (κ2) is 6.78. The number of amides is 2. The minimum absolute atomic E-state index is 0.0301. The number of carbonyl (C=O) groups is 1. The number of benzene rings is 1. The van der Waals surface area contributed by atoms with Crippen LogP contribution >= 0.6 is 0 Å². The number of urea groups is 1.